The van der Waals surface area contributed by atoms with E-state index in [2.05, 4.69) is 63.8 Å². The molecule has 0 aromatic heterocycles. The number of carbonyl (C=O) groups is 2. The number of ketones is 2. The van der Waals surface area contributed by atoms with E-state index in [0.717, 1.165) is 46.6 Å². The highest BCUT2D eigenvalue weighted by atomic mass is 16.3. The van der Waals surface area contributed by atoms with Gasteiger partial charge in [-0.3, -0.25) is 9.59 Å². The van der Waals surface area contributed by atoms with Crippen LogP contribution in [0.2, 0.25) is 0 Å². The summed E-state index contributed by atoms with van der Waals surface area (Å²) in [5.74, 6) is 0.0206. The van der Waals surface area contributed by atoms with Gasteiger partial charge >= 0.3 is 0 Å². The van der Waals surface area contributed by atoms with Gasteiger partial charge in [0.25, 0.3) is 0 Å². The molecule has 0 atom stereocenters. The first kappa shape index (κ1) is 22.6. The van der Waals surface area contributed by atoms with Crippen LogP contribution in [0.15, 0.2) is 71.1 Å². The van der Waals surface area contributed by atoms with Gasteiger partial charge in [-0.25, -0.2) is 0 Å². The van der Waals surface area contributed by atoms with Gasteiger partial charge in [0.15, 0.2) is 11.6 Å². The molecule has 2 aromatic rings. The number of benzene rings is 2. The second kappa shape index (κ2) is 7.69. The quantitative estimate of drug-likeness (QED) is 0.555. The summed E-state index contributed by atoms with van der Waals surface area (Å²) in [5.41, 5.74) is 6.28. The molecule has 2 aromatic carbocycles. The molecule has 3 aliphatic rings. The molecular weight excluding hydrogens is 422 g/mol. The van der Waals surface area contributed by atoms with E-state index in [1.165, 1.54) is 5.56 Å². The lowest BCUT2D eigenvalue weighted by molar-refractivity contribution is -0.119. The normalized spacial score (nSPS) is 22.1. The van der Waals surface area contributed by atoms with Crippen LogP contribution in [-0.2, 0) is 9.59 Å². The lowest BCUT2D eigenvalue weighted by atomic mass is 9.63. The van der Waals surface area contributed by atoms with E-state index in [1.54, 1.807) is 12.1 Å². The third-order valence-corrected chi connectivity index (χ3v) is 7.43. The van der Waals surface area contributed by atoms with E-state index < -0.39 is 0 Å². The third kappa shape index (κ3) is 3.79. The maximum atomic E-state index is 13.8. The van der Waals surface area contributed by atoms with Crippen LogP contribution in [0.5, 0.6) is 5.75 Å². The number of nitrogens with zero attached hydrogens (tertiary/aromatic N) is 1. The Bertz CT molecular complexity index is 1190. The first-order chi connectivity index (χ1) is 16.0. The minimum absolute atomic E-state index is 0.116. The Balaban J connectivity index is 1.82. The van der Waals surface area contributed by atoms with Gasteiger partial charge in [0.1, 0.15) is 5.75 Å². The van der Waals surface area contributed by atoms with Gasteiger partial charge in [-0.15, -0.1) is 0 Å². The lowest BCUT2D eigenvalue weighted by Crippen LogP contribution is -2.44. The number of aryl methyl sites for hydroxylation is 1. The summed E-state index contributed by atoms with van der Waals surface area (Å²) in [6, 6.07) is 15.4. The second-order valence-electron chi connectivity index (χ2n) is 11.8. The van der Waals surface area contributed by atoms with Crippen molar-refractivity contribution in [2.24, 2.45) is 10.8 Å². The SMILES string of the molecule is Cc1ccc(N2C3=C(C(=O)CC(C)(C)C3)C(c3ccc(O)cc3)C3=C2CC(C)(C)CC3=O)cc1. The fraction of sp³-hybridized carbons (Fsp3) is 0.400. The molecule has 0 radical (unpaired) electrons. The maximum absolute atomic E-state index is 13.8. The minimum atomic E-state index is -0.389. The number of phenolic OH excluding ortho intramolecular Hbond substituents is 1. The summed E-state index contributed by atoms with van der Waals surface area (Å²) >= 11 is 0. The van der Waals surface area contributed by atoms with Crippen LogP contribution < -0.4 is 4.90 Å². The highest BCUT2D eigenvalue weighted by Crippen LogP contribution is 2.55. The van der Waals surface area contributed by atoms with Crippen molar-refractivity contribution in [1.29, 1.82) is 0 Å². The highest BCUT2D eigenvalue weighted by molar-refractivity contribution is 6.08. The molecule has 0 spiro atoms. The van der Waals surface area contributed by atoms with E-state index in [1.807, 2.05) is 12.1 Å². The molecule has 0 fully saturated rings. The summed E-state index contributed by atoms with van der Waals surface area (Å²) in [6.45, 7) is 10.7. The number of carbonyl (C=O) groups excluding carboxylic acids is 2. The van der Waals surface area contributed by atoms with Gasteiger partial charge in [0.05, 0.1) is 0 Å². The lowest BCUT2D eigenvalue weighted by Gasteiger charge is -2.49. The topological polar surface area (TPSA) is 57.6 Å². The number of aromatic hydroxyl groups is 1. The monoisotopic (exact) mass is 455 g/mol. The maximum Gasteiger partial charge on any atom is 0.162 e. The van der Waals surface area contributed by atoms with Crippen LogP contribution in [0.1, 0.15) is 70.4 Å². The van der Waals surface area contributed by atoms with Crippen molar-refractivity contribution in [1.82, 2.24) is 0 Å². The van der Waals surface area contributed by atoms with Crippen molar-refractivity contribution < 1.29 is 14.7 Å². The molecule has 0 saturated carbocycles. The van der Waals surface area contributed by atoms with Crippen molar-refractivity contribution in [3.8, 4) is 5.75 Å². The first-order valence-electron chi connectivity index (χ1n) is 12.1. The molecule has 0 bridgehead atoms. The number of hydrogen-bond donors (Lipinski definition) is 1. The van der Waals surface area contributed by atoms with E-state index in [0.29, 0.717) is 12.8 Å². The Morgan fingerprint density at radius 1 is 0.735 bits per heavy atom. The Morgan fingerprint density at radius 3 is 1.68 bits per heavy atom. The molecule has 0 unspecified atom stereocenters. The molecule has 4 heteroatoms. The zero-order chi connectivity index (χ0) is 24.4. The van der Waals surface area contributed by atoms with Gasteiger partial charge in [-0.2, -0.15) is 0 Å². The average Bonchev–Trinajstić information content (AvgIpc) is 2.72. The largest absolute Gasteiger partial charge is 0.508 e. The Morgan fingerprint density at radius 2 is 1.21 bits per heavy atom. The van der Waals surface area contributed by atoms with Crippen LogP contribution in [0, 0.1) is 17.8 Å². The van der Waals surface area contributed by atoms with Crippen LogP contribution in [0.4, 0.5) is 5.69 Å². The second-order valence-corrected chi connectivity index (χ2v) is 11.8. The fourth-order valence-electron chi connectivity index (χ4n) is 5.97. The van der Waals surface area contributed by atoms with E-state index in [4.69, 9.17) is 0 Å². The Hall–Kier alpha value is -3.14. The summed E-state index contributed by atoms with van der Waals surface area (Å²) in [5, 5.41) is 9.91. The van der Waals surface area contributed by atoms with E-state index >= 15 is 0 Å². The summed E-state index contributed by atoms with van der Waals surface area (Å²) in [4.78, 5) is 29.8. The summed E-state index contributed by atoms with van der Waals surface area (Å²) < 4.78 is 0. The van der Waals surface area contributed by atoms with Crippen molar-refractivity contribution >= 4 is 17.3 Å². The van der Waals surface area contributed by atoms with Crippen molar-refractivity contribution in [2.75, 3.05) is 4.90 Å². The number of Topliss-reactive ketones (excluding diaryl/α,β-unsaturated/α-hetero) is 2. The van der Waals surface area contributed by atoms with Crippen molar-refractivity contribution in [3.63, 3.8) is 0 Å². The highest BCUT2D eigenvalue weighted by Gasteiger charge is 2.49. The van der Waals surface area contributed by atoms with Gasteiger partial charge < -0.3 is 10.0 Å². The third-order valence-electron chi connectivity index (χ3n) is 7.43. The molecule has 4 nitrogen and oxygen atoms in total. The van der Waals surface area contributed by atoms with Gasteiger partial charge in [-0.1, -0.05) is 57.5 Å². The first-order valence-corrected chi connectivity index (χ1v) is 12.1. The van der Waals surface area contributed by atoms with E-state index in [-0.39, 0.29) is 34.1 Å². The number of allylic oxidation sites excluding steroid dienone is 4. The molecule has 1 heterocycles. The molecule has 34 heavy (non-hydrogen) atoms. The van der Waals surface area contributed by atoms with Crippen molar-refractivity contribution in [3.05, 3.63) is 82.2 Å². The van der Waals surface area contributed by atoms with Gasteiger partial charge in [-0.05, 0) is 60.4 Å². The molecule has 1 N–H and O–H groups in total. The van der Waals surface area contributed by atoms with Gasteiger partial charge in [0.2, 0.25) is 0 Å². The predicted octanol–water partition coefficient (Wildman–Crippen LogP) is 6.59. The van der Waals surface area contributed by atoms with Crippen LogP contribution in [0.25, 0.3) is 0 Å². The molecule has 0 amide bonds. The molecule has 1 aliphatic heterocycles. The molecule has 5 rings (SSSR count). The molecule has 2 aliphatic carbocycles. The molecule has 0 saturated heterocycles. The fourth-order valence-corrected chi connectivity index (χ4v) is 5.97. The zero-order valence-electron chi connectivity index (χ0n) is 20.7. The minimum Gasteiger partial charge on any atom is -0.508 e. The number of anilines is 1. The Kier molecular flexibility index (Phi) is 5.12. The predicted molar refractivity (Wildman–Crippen MR) is 135 cm³/mol. The summed E-state index contributed by atoms with van der Waals surface area (Å²) in [6.07, 6.45) is 2.46. The number of rotatable bonds is 2. The smallest absolute Gasteiger partial charge is 0.162 e. The van der Waals surface area contributed by atoms with E-state index in [9.17, 15) is 14.7 Å². The number of phenols is 1. The van der Waals surface area contributed by atoms with Crippen LogP contribution >= 0.6 is 0 Å². The number of hydrogen-bond acceptors (Lipinski definition) is 4. The standard InChI is InChI=1S/C30H33NO3/c1-18-6-10-20(11-7-18)31-22-14-29(2,3)16-24(33)27(22)26(19-8-12-21(32)13-9-19)28-23(31)15-30(4,5)17-25(28)34/h6-13,26,32H,14-17H2,1-5H3. The Labute approximate surface area is 202 Å². The molecular formula is C30H33NO3. The van der Waals surface area contributed by atoms with Crippen molar-refractivity contribution in [2.45, 2.75) is 66.2 Å². The average molecular weight is 456 g/mol. The zero-order valence-corrected chi connectivity index (χ0v) is 20.7. The van der Waals surface area contributed by atoms with Crippen LogP contribution in [-0.4, -0.2) is 16.7 Å². The molecule has 176 valence electrons. The summed E-state index contributed by atoms with van der Waals surface area (Å²) in [7, 11) is 0. The van der Waals surface area contributed by atoms with Gasteiger partial charge in [0, 0.05) is 47.0 Å². The van der Waals surface area contributed by atoms with Crippen LogP contribution in [0.3, 0.4) is 0 Å².